The van der Waals surface area contributed by atoms with Gasteiger partial charge in [-0.15, -0.1) is 0 Å². The molecule has 0 heterocycles. The molecule has 0 aromatic heterocycles. The molecule has 0 bridgehead atoms. The van der Waals surface area contributed by atoms with Gasteiger partial charge >= 0.3 is 6.18 Å². The standard InChI is InChI=1S/C17H17F3/c1-11(2)16-9-6-14(10-12(16)3)13-4-7-15(8-5-13)17(18,19)20/h4-11H,1-3H3. The molecular formula is C17H17F3. The van der Waals surface area contributed by atoms with E-state index in [1.165, 1.54) is 17.7 Å². The second-order valence-electron chi connectivity index (χ2n) is 5.30. The van der Waals surface area contributed by atoms with E-state index in [0.717, 1.165) is 28.8 Å². The van der Waals surface area contributed by atoms with Crippen LogP contribution < -0.4 is 0 Å². The van der Waals surface area contributed by atoms with Gasteiger partial charge in [0.1, 0.15) is 0 Å². The lowest BCUT2D eigenvalue weighted by molar-refractivity contribution is -0.137. The molecule has 0 aliphatic rings. The normalized spacial score (nSPS) is 11.9. The first-order valence-electron chi connectivity index (χ1n) is 6.57. The average Bonchev–Trinajstić information content (AvgIpc) is 2.37. The van der Waals surface area contributed by atoms with Crippen molar-refractivity contribution in [1.82, 2.24) is 0 Å². The zero-order chi connectivity index (χ0) is 14.9. The number of hydrogen-bond donors (Lipinski definition) is 0. The van der Waals surface area contributed by atoms with Crippen molar-refractivity contribution in [3.05, 3.63) is 59.2 Å². The van der Waals surface area contributed by atoms with E-state index in [4.69, 9.17) is 0 Å². The minimum absolute atomic E-state index is 0.441. The number of benzene rings is 2. The molecule has 0 radical (unpaired) electrons. The lowest BCUT2D eigenvalue weighted by Crippen LogP contribution is -2.04. The Hall–Kier alpha value is -1.77. The predicted octanol–water partition coefficient (Wildman–Crippen LogP) is 5.80. The van der Waals surface area contributed by atoms with Gasteiger partial charge in [0.25, 0.3) is 0 Å². The monoisotopic (exact) mass is 278 g/mol. The van der Waals surface area contributed by atoms with E-state index in [-0.39, 0.29) is 0 Å². The molecule has 0 nitrogen and oxygen atoms in total. The van der Waals surface area contributed by atoms with Crippen molar-refractivity contribution < 1.29 is 13.2 Å². The molecule has 2 aromatic rings. The third kappa shape index (κ3) is 3.03. The second kappa shape index (κ2) is 5.31. The van der Waals surface area contributed by atoms with Crippen LogP contribution >= 0.6 is 0 Å². The Bertz CT molecular complexity index is 593. The minimum atomic E-state index is -4.28. The number of alkyl halides is 3. The molecule has 0 aliphatic carbocycles. The fraction of sp³-hybridized carbons (Fsp3) is 0.294. The molecule has 106 valence electrons. The Balaban J connectivity index is 2.35. The molecule has 0 fully saturated rings. The molecule has 0 amide bonds. The van der Waals surface area contributed by atoms with Gasteiger partial charge in [0.15, 0.2) is 0 Å². The van der Waals surface area contributed by atoms with E-state index in [2.05, 4.69) is 13.8 Å². The van der Waals surface area contributed by atoms with E-state index in [1.807, 2.05) is 25.1 Å². The Labute approximate surface area is 117 Å². The van der Waals surface area contributed by atoms with E-state index in [0.29, 0.717) is 5.92 Å². The van der Waals surface area contributed by atoms with Gasteiger partial charge in [-0.2, -0.15) is 13.2 Å². The van der Waals surface area contributed by atoms with Gasteiger partial charge in [-0.25, -0.2) is 0 Å². The highest BCUT2D eigenvalue weighted by Gasteiger charge is 2.29. The molecule has 0 spiro atoms. The Kier molecular flexibility index (Phi) is 3.89. The third-order valence-electron chi connectivity index (χ3n) is 3.44. The van der Waals surface area contributed by atoms with Crippen LogP contribution in [0.5, 0.6) is 0 Å². The van der Waals surface area contributed by atoms with Crippen molar-refractivity contribution in [2.24, 2.45) is 0 Å². The molecule has 0 atom stereocenters. The maximum atomic E-state index is 12.5. The topological polar surface area (TPSA) is 0 Å². The first-order valence-corrected chi connectivity index (χ1v) is 6.57. The largest absolute Gasteiger partial charge is 0.416 e. The van der Waals surface area contributed by atoms with E-state index < -0.39 is 11.7 Å². The van der Waals surface area contributed by atoms with Crippen LogP contribution in [0.15, 0.2) is 42.5 Å². The summed E-state index contributed by atoms with van der Waals surface area (Å²) < 4.78 is 37.6. The highest BCUT2D eigenvalue weighted by atomic mass is 19.4. The van der Waals surface area contributed by atoms with Crippen LogP contribution in [-0.4, -0.2) is 0 Å². The molecule has 0 unspecified atom stereocenters. The van der Waals surface area contributed by atoms with Crippen LogP contribution in [0.1, 0.15) is 36.5 Å². The van der Waals surface area contributed by atoms with Crippen molar-refractivity contribution in [2.45, 2.75) is 32.9 Å². The lowest BCUT2D eigenvalue weighted by Gasteiger charge is -2.12. The summed E-state index contributed by atoms with van der Waals surface area (Å²) in [7, 11) is 0. The summed E-state index contributed by atoms with van der Waals surface area (Å²) >= 11 is 0. The van der Waals surface area contributed by atoms with Crippen molar-refractivity contribution in [3.63, 3.8) is 0 Å². The SMILES string of the molecule is Cc1cc(-c2ccc(C(F)(F)F)cc2)ccc1C(C)C. The average molecular weight is 278 g/mol. The molecule has 3 heteroatoms. The van der Waals surface area contributed by atoms with Gasteiger partial charge in [0, 0.05) is 0 Å². The van der Waals surface area contributed by atoms with Crippen molar-refractivity contribution in [2.75, 3.05) is 0 Å². The summed E-state index contributed by atoms with van der Waals surface area (Å²) in [5.74, 6) is 0.441. The van der Waals surface area contributed by atoms with Gasteiger partial charge in [-0.3, -0.25) is 0 Å². The molecule has 2 aromatic carbocycles. The van der Waals surface area contributed by atoms with E-state index in [9.17, 15) is 13.2 Å². The maximum Gasteiger partial charge on any atom is 0.416 e. The molecule has 20 heavy (non-hydrogen) atoms. The molecule has 0 aliphatic heterocycles. The van der Waals surface area contributed by atoms with Crippen LogP contribution in [-0.2, 0) is 6.18 Å². The molecule has 0 saturated carbocycles. The summed E-state index contributed by atoms with van der Waals surface area (Å²) in [6.45, 7) is 6.28. The number of rotatable bonds is 2. The van der Waals surface area contributed by atoms with E-state index in [1.54, 1.807) is 0 Å². The summed E-state index contributed by atoms with van der Waals surface area (Å²) in [5.41, 5.74) is 3.56. The van der Waals surface area contributed by atoms with Crippen LogP contribution in [0, 0.1) is 6.92 Å². The third-order valence-corrected chi connectivity index (χ3v) is 3.44. The lowest BCUT2D eigenvalue weighted by atomic mass is 9.94. The minimum Gasteiger partial charge on any atom is -0.166 e. The van der Waals surface area contributed by atoms with Crippen LogP contribution in [0.2, 0.25) is 0 Å². The Morgan fingerprint density at radius 3 is 1.85 bits per heavy atom. The summed E-state index contributed by atoms with van der Waals surface area (Å²) in [6, 6.07) is 11.3. The van der Waals surface area contributed by atoms with Gasteiger partial charge in [-0.1, -0.05) is 44.2 Å². The number of aryl methyl sites for hydroxylation is 1. The maximum absolute atomic E-state index is 12.5. The number of hydrogen-bond acceptors (Lipinski definition) is 0. The van der Waals surface area contributed by atoms with Gasteiger partial charge in [0.2, 0.25) is 0 Å². The highest BCUT2D eigenvalue weighted by molar-refractivity contribution is 5.65. The van der Waals surface area contributed by atoms with Crippen molar-refractivity contribution in [1.29, 1.82) is 0 Å². The second-order valence-corrected chi connectivity index (χ2v) is 5.30. The zero-order valence-electron chi connectivity index (χ0n) is 11.8. The first kappa shape index (κ1) is 14.6. The van der Waals surface area contributed by atoms with E-state index >= 15 is 0 Å². The van der Waals surface area contributed by atoms with Gasteiger partial charge < -0.3 is 0 Å². The predicted molar refractivity (Wildman–Crippen MR) is 75.7 cm³/mol. The van der Waals surface area contributed by atoms with Crippen LogP contribution in [0.25, 0.3) is 11.1 Å². The fourth-order valence-corrected chi connectivity index (χ4v) is 2.35. The molecular weight excluding hydrogens is 261 g/mol. The zero-order valence-corrected chi connectivity index (χ0v) is 11.8. The van der Waals surface area contributed by atoms with Crippen LogP contribution in [0.3, 0.4) is 0 Å². The smallest absolute Gasteiger partial charge is 0.166 e. The van der Waals surface area contributed by atoms with Gasteiger partial charge in [0.05, 0.1) is 5.56 Å². The van der Waals surface area contributed by atoms with Crippen molar-refractivity contribution in [3.8, 4) is 11.1 Å². The molecule has 0 saturated heterocycles. The van der Waals surface area contributed by atoms with Crippen LogP contribution in [0.4, 0.5) is 13.2 Å². The van der Waals surface area contributed by atoms with Gasteiger partial charge in [-0.05, 0) is 47.2 Å². The fourth-order valence-electron chi connectivity index (χ4n) is 2.35. The molecule has 0 N–H and O–H groups in total. The quantitative estimate of drug-likeness (QED) is 0.650. The summed E-state index contributed by atoms with van der Waals surface area (Å²) in [5, 5.41) is 0. The number of halogens is 3. The molecule has 2 rings (SSSR count). The first-order chi connectivity index (χ1) is 9.29. The van der Waals surface area contributed by atoms with Crippen molar-refractivity contribution >= 4 is 0 Å². The summed E-state index contributed by atoms with van der Waals surface area (Å²) in [4.78, 5) is 0. The Morgan fingerprint density at radius 1 is 0.850 bits per heavy atom. The Morgan fingerprint density at radius 2 is 1.40 bits per heavy atom. The highest BCUT2D eigenvalue weighted by Crippen LogP contribution is 2.31. The summed E-state index contributed by atoms with van der Waals surface area (Å²) in [6.07, 6.45) is -4.28.